The third-order valence-electron chi connectivity index (χ3n) is 2.62. The summed E-state index contributed by atoms with van der Waals surface area (Å²) in [6.07, 6.45) is 2.25. The van der Waals surface area contributed by atoms with Crippen LogP contribution in [-0.2, 0) is 12.8 Å². The number of fused-ring (bicyclic) bond motifs is 1. The Labute approximate surface area is 91.4 Å². The van der Waals surface area contributed by atoms with Crippen molar-refractivity contribution in [2.75, 3.05) is 0 Å². The van der Waals surface area contributed by atoms with Crippen molar-refractivity contribution in [2.24, 2.45) is 5.73 Å². The highest BCUT2D eigenvalue weighted by Gasteiger charge is 2.20. The van der Waals surface area contributed by atoms with E-state index in [1.807, 2.05) is 0 Å². The molecule has 2 heteroatoms. The van der Waals surface area contributed by atoms with Gasteiger partial charge in [0.05, 0.1) is 0 Å². The topological polar surface area (TPSA) is 35.2 Å². The molecule has 1 atom stereocenters. The summed E-state index contributed by atoms with van der Waals surface area (Å²) in [6.45, 7) is 6.21. The van der Waals surface area contributed by atoms with E-state index in [4.69, 9.17) is 10.5 Å². The predicted octanol–water partition coefficient (Wildman–Crippen LogP) is 2.29. The Kier molecular flexibility index (Phi) is 2.47. The molecule has 0 amide bonds. The molecule has 0 radical (unpaired) electrons. The zero-order valence-corrected chi connectivity index (χ0v) is 9.71. The summed E-state index contributed by atoms with van der Waals surface area (Å²) in [6, 6.07) is 6.42. The molecule has 1 aliphatic rings. The van der Waals surface area contributed by atoms with E-state index in [2.05, 4.69) is 39.0 Å². The third kappa shape index (κ3) is 2.51. The van der Waals surface area contributed by atoms with Crippen LogP contribution in [0, 0.1) is 0 Å². The van der Waals surface area contributed by atoms with E-state index in [9.17, 15) is 0 Å². The Hall–Kier alpha value is -1.02. The van der Waals surface area contributed by atoms with Crippen LogP contribution in [0.15, 0.2) is 18.2 Å². The molecule has 1 heterocycles. The van der Waals surface area contributed by atoms with Gasteiger partial charge < -0.3 is 10.5 Å². The molecular formula is C13H19NO. The maximum absolute atomic E-state index is 6.01. The summed E-state index contributed by atoms with van der Waals surface area (Å²) < 4.78 is 5.66. The van der Waals surface area contributed by atoms with Crippen LogP contribution in [0.4, 0.5) is 0 Å². The minimum Gasteiger partial charge on any atom is -0.490 e. The molecule has 0 saturated carbocycles. The third-order valence-corrected chi connectivity index (χ3v) is 2.62. The fourth-order valence-electron chi connectivity index (χ4n) is 2.11. The van der Waals surface area contributed by atoms with Gasteiger partial charge in [0, 0.05) is 12.0 Å². The second kappa shape index (κ2) is 3.53. The van der Waals surface area contributed by atoms with Gasteiger partial charge in [0.25, 0.3) is 0 Å². The largest absolute Gasteiger partial charge is 0.490 e. The van der Waals surface area contributed by atoms with Crippen molar-refractivity contribution < 1.29 is 4.74 Å². The van der Waals surface area contributed by atoms with Crippen molar-refractivity contribution in [3.05, 3.63) is 29.3 Å². The van der Waals surface area contributed by atoms with Gasteiger partial charge in [-0.15, -0.1) is 0 Å². The molecule has 1 aliphatic heterocycles. The number of ether oxygens (including phenoxy) is 1. The van der Waals surface area contributed by atoms with Gasteiger partial charge >= 0.3 is 0 Å². The van der Waals surface area contributed by atoms with E-state index in [0.29, 0.717) is 6.10 Å². The Bertz CT molecular complexity index is 365. The molecule has 1 unspecified atom stereocenters. The first-order chi connectivity index (χ1) is 6.94. The fourth-order valence-corrected chi connectivity index (χ4v) is 2.11. The summed E-state index contributed by atoms with van der Waals surface area (Å²) in [4.78, 5) is 0. The molecule has 2 rings (SSSR count). The Morgan fingerprint density at radius 3 is 2.87 bits per heavy atom. The zero-order valence-electron chi connectivity index (χ0n) is 9.71. The van der Waals surface area contributed by atoms with Gasteiger partial charge in [0.2, 0.25) is 0 Å². The lowest BCUT2D eigenvalue weighted by molar-refractivity contribution is 0.254. The Morgan fingerprint density at radius 2 is 2.20 bits per heavy atom. The van der Waals surface area contributed by atoms with Crippen LogP contribution in [0.3, 0.4) is 0 Å². The Morgan fingerprint density at radius 1 is 1.47 bits per heavy atom. The van der Waals surface area contributed by atoms with E-state index in [-0.39, 0.29) is 5.54 Å². The standard InChI is InChI=1S/C13H19NO/c1-9-6-11-7-10(8-13(2,3)14)4-5-12(11)15-9/h4-5,7,9H,6,8,14H2,1-3H3. The van der Waals surface area contributed by atoms with Crippen LogP contribution in [0.2, 0.25) is 0 Å². The molecular weight excluding hydrogens is 186 g/mol. The molecule has 15 heavy (non-hydrogen) atoms. The van der Waals surface area contributed by atoms with Crippen molar-refractivity contribution in [2.45, 2.75) is 45.3 Å². The minimum atomic E-state index is -0.140. The second-order valence-corrected chi connectivity index (χ2v) is 5.24. The summed E-state index contributed by atoms with van der Waals surface area (Å²) in [5.74, 6) is 1.04. The van der Waals surface area contributed by atoms with Crippen LogP contribution in [-0.4, -0.2) is 11.6 Å². The quantitative estimate of drug-likeness (QED) is 0.804. The monoisotopic (exact) mass is 205 g/mol. The van der Waals surface area contributed by atoms with Gasteiger partial charge in [-0.05, 0) is 44.4 Å². The molecule has 2 nitrogen and oxygen atoms in total. The molecule has 0 saturated heterocycles. The minimum absolute atomic E-state index is 0.140. The van der Waals surface area contributed by atoms with Crippen LogP contribution >= 0.6 is 0 Å². The highest BCUT2D eigenvalue weighted by Crippen LogP contribution is 2.30. The predicted molar refractivity (Wildman–Crippen MR) is 62.2 cm³/mol. The first-order valence-corrected chi connectivity index (χ1v) is 5.51. The SMILES string of the molecule is CC1Cc2cc(CC(C)(C)N)ccc2O1. The smallest absolute Gasteiger partial charge is 0.123 e. The van der Waals surface area contributed by atoms with Crippen molar-refractivity contribution in [1.29, 1.82) is 0 Å². The fraction of sp³-hybridized carbons (Fsp3) is 0.538. The number of nitrogens with two attached hydrogens (primary N) is 1. The average molecular weight is 205 g/mol. The summed E-state index contributed by atoms with van der Waals surface area (Å²) in [5.41, 5.74) is 8.50. The molecule has 1 aromatic rings. The van der Waals surface area contributed by atoms with Crippen LogP contribution in [0.5, 0.6) is 5.75 Å². The molecule has 0 aliphatic carbocycles. The second-order valence-electron chi connectivity index (χ2n) is 5.24. The highest BCUT2D eigenvalue weighted by molar-refractivity contribution is 5.41. The van der Waals surface area contributed by atoms with Crippen LogP contribution in [0.1, 0.15) is 31.9 Å². The molecule has 0 bridgehead atoms. The molecule has 1 aromatic carbocycles. The summed E-state index contributed by atoms with van der Waals surface area (Å²) >= 11 is 0. The first kappa shape index (κ1) is 10.5. The molecule has 82 valence electrons. The van der Waals surface area contributed by atoms with E-state index in [1.54, 1.807) is 0 Å². The number of hydrogen-bond donors (Lipinski definition) is 1. The summed E-state index contributed by atoms with van der Waals surface area (Å²) in [7, 11) is 0. The molecule has 0 aromatic heterocycles. The van der Waals surface area contributed by atoms with Gasteiger partial charge in [-0.1, -0.05) is 12.1 Å². The van der Waals surface area contributed by atoms with Crippen LogP contribution < -0.4 is 10.5 Å². The first-order valence-electron chi connectivity index (χ1n) is 5.51. The van der Waals surface area contributed by atoms with Crippen molar-refractivity contribution >= 4 is 0 Å². The van der Waals surface area contributed by atoms with E-state index in [1.165, 1.54) is 11.1 Å². The van der Waals surface area contributed by atoms with Crippen molar-refractivity contribution in [3.8, 4) is 5.75 Å². The normalized spacial score (nSPS) is 19.9. The average Bonchev–Trinajstić information content (AvgIpc) is 2.40. The lowest BCUT2D eigenvalue weighted by Gasteiger charge is -2.18. The van der Waals surface area contributed by atoms with Gasteiger partial charge in [0.15, 0.2) is 0 Å². The Balaban J connectivity index is 2.20. The maximum atomic E-state index is 6.01. The van der Waals surface area contributed by atoms with Crippen LogP contribution in [0.25, 0.3) is 0 Å². The molecule has 0 spiro atoms. The van der Waals surface area contributed by atoms with Gasteiger partial charge in [0.1, 0.15) is 11.9 Å². The lowest BCUT2D eigenvalue weighted by Crippen LogP contribution is -2.34. The molecule has 2 N–H and O–H groups in total. The lowest BCUT2D eigenvalue weighted by atomic mass is 9.94. The van der Waals surface area contributed by atoms with Crippen molar-refractivity contribution in [3.63, 3.8) is 0 Å². The van der Waals surface area contributed by atoms with Crippen molar-refractivity contribution in [1.82, 2.24) is 0 Å². The van der Waals surface area contributed by atoms with E-state index in [0.717, 1.165) is 18.6 Å². The van der Waals surface area contributed by atoms with E-state index < -0.39 is 0 Å². The number of rotatable bonds is 2. The van der Waals surface area contributed by atoms with Gasteiger partial charge in [-0.25, -0.2) is 0 Å². The van der Waals surface area contributed by atoms with E-state index >= 15 is 0 Å². The highest BCUT2D eigenvalue weighted by atomic mass is 16.5. The number of hydrogen-bond acceptors (Lipinski definition) is 2. The zero-order chi connectivity index (χ0) is 11.1. The summed E-state index contributed by atoms with van der Waals surface area (Å²) in [5, 5.41) is 0. The van der Waals surface area contributed by atoms with Gasteiger partial charge in [-0.2, -0.15) is 0 Å². The molecule has 0 fully saturated rings. The van der Waals surface area contributed by atoms with Gasteiger partial charge in [-0.3, -0.25) is 0 Å². The number of benzene rings is 1. The maximum Gasteiger partial charge on any atom is 0.123 e.